The zero-order chi connectivity index (χ0) is 18.8. The molecule has 0 aromatic heterocycles. The smallest absolute Gasteiger partial charge is 0.229 e. The zero-order valence-corrected chi connectivity index (χ0v) is 14.9. The first-order chi connectivity index (χ1) is 13.2. The molecule has 2 aliphatic heterocycles. The van der Waals surface area contributed by atoms with Crippen LogP contribution >= 0.6 is 0 Å². The van der Waals surface area contributed by atoms with E-state index in [1.165, 1.54) is 6.07 Å². The number of halogens is 1. The van der Waals surface area contributed by atoms with E-state index in [-0.39, 0.29) is 17.4 Å². The van der Waals surface area contributed by atoms with Crippen molar-refractivity contribution in [3.05, 3.63) is 59.4 Å². The number of rotatable bonds is 2. The van der Waals surface area contributed by atoms with E-state index >= 15 is 0 Å². The van der Waals surface area contributed by atoms with Crippen LogP contribution in [0.1, 0.15) is 11.1 Å². The van der Waals surface area contributed by atoms with Crippen molar-refractivity contribution in [3.63, 3.8) is 0 Å². The molecule has 2 aliphatic rings. The fraction of sp³-hybridized carbons (Fsp3) is 0.333. The summed E-state index contributed by atoms with van der Waals surface area (Å²) in [4.78, 5) is 16.7. The Morgan fingerprint density at radius 3 is 2.67 bits per heavy atom. The van der Waals surface area contributed by atoms with Crippen molar-refractivity contribution < 1.29 is 13.9 Å². The van der Waals surface area contributed by atoms with Gasteiger partial charge in [0.25, 0.3) is 0 Å². The normalized spacial score (nSPS) is 19.0. The highest BCUT2D eigenvalue weighted by Crippen LogP contribution is 2.29. The van der Waals surface area contributed by atoms with Gasteiger partial charge < -0.3 is 14.5 Å². The van der Waals surface area contributed by atoms with Crippen molar-refractivity contribution in [1.29, 1.82) is 5.26 Å². The van der Waals surface area contributed by atoms with Crippen LogP contribution in [0.3, 0.4) is 0 Å². The second-order valence-electron chi connectivity index (χ2n) is 6.88. The standard InChI is InChI=1S/C21H20FN3O2/c22-18-5-3-6-19(17(18)13-23)24-8-10-25(11-9-24)21(26)16-12-15-4-1-2-7-20(15)27-14-16/h1-7,16H,8-12,14H2. The molecule has 0 N–H and O–H groups in total. The molecule has 27 heavy (non-hydrogen) atoms. The van der Waals surface area contributed by atoms with E-state index in [1.807, 2.05) is 40.1 Å². The number of para-hydroxylation sites is 1. The summed E-state index contributed by atoms with van der Waals surface area (Å²) in [5.41, 5.74) is 1.73. The van der Waals surface area contributed by atoms with Gasteiger partial charge in [0, 0.05) is 26.2 Å². The molecule has 4 rings (SSSR count). The molecule has 2 aromatic rings. The Bertz CT molecular complexity index is 901. The van der Waals surface area contributed by atoms with Crippen molar-refractivity contribution in [2.75, 3.05) is 37.7 Å². The number of nitrogens with zero attached hydrogens (tertiary/aromatic N) is 3. The second-order valence-corrected chi connectivity index (χ2v) is 6.88. The van der Waals surface area contributed by atoms with Gasteiger partial charge in [0.2, 0.25) is 5.91 Å². The van der Waals surface area contributed by atoms with Crippen LogP contribution in [0.5, 0.6) is 5.75 Å². The van der Waals surface area contributed by atoms with Crippen LogP contribution in [-0.2, 0) is 11.2 Å². The number of carbonyl (C=O) groups is 1. The molecule has 1 amide bonds. The third-order valence-corrected chi connectivity index (χ3v) is 5.26. The van der Waals surface area contributed by atoms with Crippen LogP contribution in [0, 0.1) is 23.1 Å². The molecule has 1 atom stereocenters. The van der Waals surface area contributed by atoms with Crippen LogP contribution in [0.2, 0.25) is 0 Å². The van der Waals surface area contributed by atoms with Gasteiger partial charge in [-0.05, 0) is 30.2 Å². The largest absolute Gasteiger partial charge is 0.492 e. The van der Waals surface area contributed by atoms with E-state index in [9.17, 15) is 14.4 Å². The lowest BCUT2D eigenvalue weighted by atomic mass is 9.95. The first-order valence-corrected chi connectivity index (χ1v) is 9.10. The molecule has 1 unspecified atom stereocenters. The molecule has 2 heterocycles. The maximum Gasteiger partial charge on any atom is 0.229 e. The highest BCUT2D eigenvalue weighted by molar-refractivity contribution is 5.80. The Morgan fingerprint density at radius 1 is 1.11 bits per heavy atom. The quantitative estimate of drug-likeness (QED) is 0.821. The Labute approximate surface area is 157 Å². The van der Waals surface area contributed by atoms with E-state index in [4.69, 9.17) is 4.74 Å². The van der Waals surface area contributed by atoms with Gasteiger partial charge in [0.05, 0.1) is 11.6 Å². The van der Waals surface area contributed by atoms with E-state index in [1.54, 1.807) is 12.1 Å². The summed E-state index contributed by atoms with van der Waals surface area (Å²) in [6.07, 6.45) is 0.692. The molecular weight excluding hydrogens is 345 g/mol. The maximum absolute atomic E-state index is 13.8. The third kappa shape index (κ3) is 3.33. The highest BCUT2D eigenvalue weighted by Gasteiger charge is 2.31. The second kappa shape index (κ2) is 7.28. The molecule has 0 radical (unpaired) electrons. The molecule has 0 spiro atoms. The molecule has 138 valence electrons. The van der Waals surface area contributed by atoms with Crippen molar-refractivity contribution in [1.82, 2.24) is 4.90 Å². The summed E-state index contributed by atoms with van der Waals surface area (Å²) in [6.45, 7) is 2.66. The topological polar surface area (TPSA) is 56.6 Å². The number of carbonyl (C=O) groups excluding carboxylic acids is 1. The van der Waals surface area contributed by atoms with Crippen LogP contribution in [0.4, 0.5) is 10.1 Å². The summed E-state index contributed by atoms with van der Waals surface area (Å²) >= 11 is 0. The van der Waals surface area contributed by atoms with E-state index in [2.05, 4.69) is 0 Å². The van der Waals surface area contributed by atoms with E-state index in [0.717, 1.165) is 11.3 Å². The number of nitriles is 1. The number of amides is 1. The van der Waals surface area contributed by atoms with Gasteiger partial charge in [-0.2, -0.15) is 5.26 Å². The minimum Gasteiger partial charge on any atom is -0.492 e. The van der Waals surface area contributed by atoms with Gasteiger partial charge in [0.15, 0.2) is 0 Å². The third-order valence-electron chi connectivity index (χ3n) is 5.26. The maximum atomic E-state index is 13.8. The number of fused-ring (bicyclic) bond motifs is 1. The zero-order valence-electron chi connectivity index (χ0n) is 14.9. The lowest BCUT2D eigenvalue weighted by Gasteiger charge is -2.38. The first-order valence-electron chi connectivity index (χ1n) is 9.10. The average Bonchev–Trinajstić information content (AvgIpc) is 2.73. The van der Waals surface area contributed by atoms with Crippen LogP contribution in [0.15, 0.2) is 42.5 Å². The molecule has 0 saturated carbocycles. The number of hydrogen-bond acceptors (Lipinski definition) is 4. The number of hydrogen-bond donors (Lipinski definition) is 0. The highest BCUT2D eigenvalue weighted by atomic mass is 19.1. The SMILES string of the molecule is N#Cc1c(F)cccc1N1CCN(C(=O)C2COc3ccccc3C2)CC1. The monoisotopic (exact) mass is 365 g/mol. The van der Waals surface area contributed by atoms with Gasteiger partial charge >= 0.3 is 0 Å². The minimum absolute atomic E-state index is 0.0644. The Balaban J connectivity index is 1.41. The molecule has 0 aliphatic carbocycles. The lowest BCUT2D eigenvalue weighted by molar-refractivity contribution is -0.137. The van der Waals surface area contributed by atoms with E-state index < -0.39 is 5.82 Å². The van der Waals surface area contributed by atoms with Gasteiger partial charge in [-0.1, -0.05) is 24.3 Å². The predicted molar refractivity (Wildman–Crippen MR) is 99.0 cm³/mol. The molecule has 2 aromatic carbocycles. The van der Waals surface area contributed by atoms with Crippen molar-refractivity contribution >= 4 is 11.6 Å². The van der Waals surface area contributed by atoms with Gasteiger partial charge in [-0.3, -0.25) is 4.79 Å². The van der Waals surface area contributed by atoms with E-state index in [0.29, 0.717) is 44.9 Å². The number of benzene rings is 2. The van der Waals surface area contributed by atoms with Crippen LogP contribution in [0.25, 0.3) is 0 Å². The fourth-order valence-corrected chi connectivity index (χ4v) is 3.80. The number of anilines is 1. The van der Waals surface area contributed by atoms with Crippen LogP contribution in [-0.4, -0.2) is 43.6 Å². The fourth-order valence-electron chi connectivity index (χ4n) is 3.80. The lowest BCUT2D eigenvalue weighted by Crippen LogP contribution is -2.51. The Morgan fingerprint density at radius 2 is 1.89 bits per heavy atom. The summed E-state index contributed by atoms with van der Waals surface area (Å²) in [5.74, 6) is 0.284. The summed E-state index contributed by atoms with van der Waals surface area (Å²) in [7, 11) is 0. The van der Waals surface area contributed by atoms with Gasteiger partial charge in [-0.15, -0.1) is 0 Å². The Hall–Kier alpha value is -3.07. The van der Waals surface area contributed by atoms with Crippen molar-refractivity contribution in [2.24, 2.45) is 5.92 Å². The molecule has 5 nitrogen and oxygen atoms in total. The molecule has 0 bridgehead atoms. The average molecular weight is 365 g/mol. The first kappa shape index (κ1) is 17.3. The summed E-state index contributed by atoms with van der Waals surface area (Å²) in [6, 6.07) is 14.4. The molecular formula is C21H20FN3O2. The van der Waals surface area contributed by atoms with Crippen molar-refractivity contribution in [2.45, 2.75) is 6.42 Å². The molecule has 1 saturated heterocycles. The molecule has 1 fully saturated rings. The predicted octanol–water partition coefficient (Wildman–Crippen LogP) is 2.60. The summed E-state index contributed by atoms with van der Waals surface area (Å²) in [5, 5.41) is 9.23. The van der Waals surface area contributed by atoms with Gasteiger partial charge in [0.1, 0.15) is 29.8 Å². The summed E-state index contributed by atoms with van der Waals surface area (Å²) < 4.78 is 19.6. The number of piperazine rings is 1. The Kier molecular flexibility index (Phi) is 4.68. The molecule has 6 heteroatoms. The number of ether oxygens (including phenoxy) is 1. The van der Waals surface area contributed by atoms with Crippen LogP contribution < -0.4 is 9.64 Å². The van der Waals surface area contributed by atoms with Crippen molar-refractivity contribution in [3.8, 4) is 11.8 Å². The van der Waals surface area contributed by atoms with Gasteiger partial charge in [-0.25, -0.2) is 4.39 Å². The minimum atomic E-state index is -0.508.